The second-order valence-corrected chi connectivity index (χ2v) is 5.68. The summed E-state index contributed by atoms with van der Waals surface area (Å²) in [6.45, 7) is 0.743. The Kier molecular flexibility index (Phi) is 4.17. The molecule has 0 aliphatic heterocycles. The van der Waals surface area contributed by atoms with E-state index in [4.69, 9.17) is 4.42 Å². The largest absolute Gasteiger partial charge is 0.468 e. The standard InChI is InChI=1S/C11H12BrNO2S/c12-11-4-8(7-16-11)5-13-9(6-14)10-2-1-3-15-10/h1-4,7,9,13-14H,5-6H2. The van der Waals surface area contributed by atoms with Crippen molar-refractivity contribution >= 4 is 27.3 Å². The van der Waals surface area contributed by atoms with Crippen molar-refractivity contribution in [3.63, 3.8) is 0 Å². The number of aliphatic hydroxyl groups excluding tert-OH is 1. The molecule has 5 heteroatoms. The lowest BCUT2D eigenvalue weighted by Crippen LogP contribution is -2.23. The topological polar surface area (TPSA) is 45.4 Å². The quantitative estimate of drug-likeness (QED) is 0.892. The van der Waals surface area contributed by atoms with Crippen LogP contribution < -0.4 is 5.32 Å². The molecule has 2 aromatic heterocycles. The number of aliphatic hydroxyl groups is 1. The van der Waals surface area contributed by atoms with Crippen LogP contribution in [0.1, 0.15) is 17.4 Å². The van der Waals surface area contributed by atoms with E-state index in [9.17, 15) is 5.11 Å². The van der Waals surface area contributed by atoms with Crippen LogP contribution in [0.3, 0.4) is 0 Å². The van der Waals surface area contributed by atoms with E-state index < -0.39 is 0 Å². The van der Waals surface area contributed by atoms with Crippen molar-refractivity contribution in [1.82, 2.24) is 5.32 Å². The monoisotopic (exact) mass is 301 g/mol. The van der Waals surface area contributed by atoms with Crippen molar-refractivity contribution < 1.29 is 9.52 Å². The van der Waals surface area contributed by atoms with Gasteiger partial charge in [0.1, 0.15) is 5.76 Å². The van der Waals surface area contributed by atoms with Crippen LogP contribution in [-0.4, -0.2) is 11.7 Å². The third-order valence-corrected chi connectivity index (χ3v) is 3.80. The molecule has 0 saturated heterocycles. The van der Waals surface area contributed by atoms with E-state index >= 15 is 0 Å². The van der Waals surface area contributed by atoms with Gasteiger partial charge in [-0.15, -0.1) is 11.3 Å². The first-order valence-corrected chi connectivity index (χ1v) is 6.57. The van der Waals surface area contributed by atoms with E-state index in [0.717, 1.165) is 9.55 Å². The summed E-state index contributed by atoms with van der Waals surface area (Å²) >= 11 is 5.07. The van der Waals surface area contributed by atoms with Gasteiger partial charge in [-0.3, -0.25) is 0 Å². The Labute approximate surface area is 106 Å². The van der Waals surface area contributed by atoms with Crippen LogP contribution in [0.15, 0.2) is 38.0 Å². The summed E-state index contributed by atoms with van der Waals surface area (Å²) in [7, 11) is 0. The molecule has 0 spiro atoms. The van der Waals surface area contributed by atoms with E-state index in [1.165, 1.54) is 5.56 Å². The van der Waals surface area contributed by atoms with Crippen molar-refractivity contribution in [2.24, 2.45) is 0 Å². The highest BCUT2D eigenvalue weighted by Gasteiger charge is 2.12. The SMILES string of the molecule is OCC(NCc1csc(Br)c1)c1ccco1. The van der Waals surface area contributed by atoms with Crippen molar-refractivity contribution in [2.45, 2.75) is 12.6 Å². The minimum absolute atomic E-state index is 0.0266. The van der Waals surface area contributed by atoms with Gasteiger partial charge >= 0.3 is 0 Å². The maximum atomic E-state index is 9.25. The third kappa shape index (κ3) is 2.95. The Balaban J connectivity index is 1.93. The lowest BCUT2D eigenvalue weighted by Gasteiger charge is -2.12. The van der Waals surface area contributed by atoms with Crippen LogP contribution in [0.2, 0.25) is 0 Å². The molecule has 0 bridgehead atoms. The van der Waals surface area contributed by atoms with Gasteiger partial charge in [0, 0.05) is 6.54 Å². The number of halogens is 1. The van der Waals surface area contributed by atoms with E-state index in [-0.39, 0.29) is 12.6 Å². The molecule has 0 radical (unpaired) electrons. The minimum atomic E-state index is -0.145. The number of thiophene rings is 1. The van der Waals surface area contributed by atoms with E-state index in [0.29, 0.717) is 6.54 Å². The van der Waals surface area contributed by atoms with Crippen LogP contribution >= 0.6 is 27.3 Å². The van der Waals surface area contributed by atoms with Crippen LogP contribution in [0.25, 0.3) is 0 Å². The first kappa shape index (κ1) is 11.9. The number of hydrogen-bond donors (Lipinski definition) is 2. The first-order valence-electron chi connectivity index (χ1n) is 4.90. The summed E-state index contributed by atoms with van der Waals surface area (Å²) < 4.78 is 6.36. The Hall–Kier alpha value is -0.620. The van der Waals surface area contributed by atoms with Gasteiger partial charge in [-0.1, -0.05) is 0 Å². The zero-order chi connectivity index (χ0) is 11.4. The molecule has 2 rings (SSSR count). The highest BCUT2D eigenvalue weighted by atomic mass is 79.9. The van der Waals surface area contributed by atoms with Gasteiger partial charge in [-0.25, -0.2) is 0 Å². The molecule has 0 saturated carbocycles. The number of rotatable bonds is 5. The molecule has 86 valence electrons. The Morgan fingerprint density at radius 1 is 1.56 bits per heavy atom. The van der Waals surface area contributed by atoms with Gasteiger partial charge in [0.15, 0.2) is 0 Å². The number of hydrogen-bond acceptors (Lipinski definition) is 4. The van der Waals surface area contributed by atoms with Gasteiger partial charge in [0.05, 0.1) is 22.7 Å². The zero-order valence-electron chi connectivity index (χ0n) is 8.52. The van der Waals surface area contributed by atoms with Gasteiger partial charge in [0.2, 0.25) is 0 Å². The molecule has 3 nitrogen and oxygen atoms in total. The fourth-order valence-electron chi connectivity index (χ4n) is 1.42. The lowest BCUT2D eigenvalue weighted by molar-refractivity contribution is 0.225. The molecule has 2 heterocycles. The summed E-state index contributed by atoms with van der Waals surface area (Å²) in [6, 6.07) is 5.60. The van der Waals surface area contributed by atoms with Crippen molar-refractivity contribution in [2.75, 3.05) is 6.61 Å². The molecule has 0 aliphatic carbocycles. The maximum absolute atomic E-state index is 9.25. The molecule has 2 N–H and O–H groups in total. The molecular weight excluding hydrogens is 290 g/mol. The van der Waals surface area contributed by atoms with Crippen molar-refractivity contribution in [1.29, 1.82) is 0 Å². The van der Waals surface area contributed by atoms with Crippen LogP contribution in [0, 0.1) is 0 Å². The average molecular weight is 302 g/mol. The Morgan fingerprint density at radius 3 is 3.00 bits per heavy atom. The first-order chi connectivity index (χ1) is 7.79. The molecule has 16 heavy (non-hydrogen) atoms. The highest BCUT2D eigenvalue weighted by molar-refractivity contribution is 9.11. The number of nitrogens with one attached hydrogen (secondary N) is 1. The predicted molar refractivity (Wildman–Crippen MR) is 67.4 cm³/mol. The Bertz CT molecular complexity index is 427. The zero-order valence-corrected chi connectivity index (χ0v) is 10.9. The van der Waals surface area contributed by atoms with Crippen molar-refractivity contribution in [3.05, 3.63) is 45.0 Å². The normalized spacial score (nSPS) is 12.9. The fraction of sp³-hybridized carbons (Fsp3) is 0.273. The summed E-state index contributed by atoms with van der Waals surface area (Å²) in [5.74, 6) is 0.761. The predicted octanol–water partition coefficient (Wildman–Crippen LogP) is 2.93. The molecule has 0 fully saturated rings. The molecule has 1 unspecified atom stereocenters. The summed E-state index contributed by atoms with van der Waals surface area (Å²) in [5.41, 5.74) is 1.20. The Morgan fingerprint density at radius 2 is 2.44 bits per heavy atom. The van der Waals surface area contributed by atoms with E-state index in [1.807, 2.05) is 12.1 Å². The molecule has 0 aromatic carbocycles. The van der Waals surface area contributed by atoms with Crippen LogP contribution in [-0.2, 0) is 6.54 Å². The summed E-state index contributed by atoms with van der Waals surface area (Å²) in [5, 5.41) is 14.6. The second kappa shape index (κ2) is 5.63. The minimum Gasteiger partial charge on any atom is -0.468 e. The van der Waals surface area contributed by atoms with E-state index in [1.54, 1.807) is 17.6 Å². The molecular formula is C11H12BrNO2S. The van der Waals surface area contributed by atoms with Gasteiger partial charge < -0.3 is 14.8 Å². The maximum Gasteiger partial charge on any atom is 0.123 e. The molecule has 2 aromatic rings. The van der Waals surface area contributed by atoms with Crippen LogP contribution in [0.4, 0.5) is 0 Å². The van der Waals surface area contributed by atoms with Crippen molar-refractivity contribution in [3.8, 4) is 0 Å². The van der Waals surface area contributed by atoms with Gasteiger partial charge in [-0.2, -0.15) is 0 Å². The molecule has 0 amide bonds. The lowest BCUT2D eigenvalue weighted by atomic mass is 10.2. The smallest absolute Gasteiger partial charge is 0.123 e. The van der Waals surface area contributed by atoms with E-state index in [2.05, 4.69) is 32.7 Å². The average Bonchev–Trinajstić information content (AvgIpc) is 2.91. The summed E-state index contributed by atoms with van der Waals surface area (Å²) in [4.78, 5) is 0. The molecule has 0 aliphatic rings. The molecule has 1 atom stereocenters. The highest BCUT2D eigenvalue weighted by Crippen LogP contribution is 2.21. The third-order valence-electron chi connectivity index (χ3n) is 2.24. The number of furan rings is 1. The second-order valence-electron chi connectivity index (χ2n) is 3.39. The van der Waals surface area contributed by atoms with Gasteiger partial charge in [-0.05, 0) is 45.1 Å². The fourth-order valence-corrected chi connectivity index (χ4v) is 2.63. The van der Waals surface area contributed by atoms with Crippen LogP contribution in [0.5, 0.6) is 0 Å². The van der Waals surface area contributed by atoms with Gasteiger partial charge in [0.25, 0.3) is 0 Å². The summed E-state index contributed by atoms with van der Waals surface area (Å²) in [6.07, 6.45) is 1.61.